The van der Waals surface area contributed by atoms with Crippen LogP contribution in [0.3, 0.4) is 0 Å². The summed E-state index contributed by atoms with van der Waals surface area (Å²) in [6.45, 7) is -0.382. The number of hydrogen-bond donors (Lipinski definition) is 2. The number of nitrogens with zero attached hydrogens (tertiary/aromatic N) is 4. The monoisotopic (exact) mass is 268 g/mol. The minimum atomic E-state index is -1.43. The summed E-state index contributed by atoms with van der Waals surface area (Å²) >= 11 is 0. The average molecular weight is 268 g/mol. The predicted molar refractivity (Wildman–Crippen MR) is 61.0 cm³/mol. The Hall–Kier alpha value is -2.14. The van der Waals surface area contributed by atoms with Crippen LogP contribution in [0.2, 0.25) is 0 Å². The number of rotatable bonds is 2. The molecule has 102 valence electrons. The van der Waals surface area contributed by atoms with E-state index in [1.807, 2.05) is 6.07 Å². The summed E-state index contributed by atoms with van der Waals surface area (Å²) in [5, 5.41) is 30.8. The first kappa shape index (κ1) is 13.3. The molecule has 8 heteroatoms. The van der Waals surface area contributed by atoms with Crippen LogP contribution in [0.15, 0.2) is 6.20 Å². The number of carboxylic acid groups (broad SMARTS) is 1. The van der Waals surface area contributed by atoms with Crippen LogP contribution in [0.25, 0.3) is 0 Å². The number of hydrogen-bond acceptors (Lipinski definition) is 4. The van der Waals surface area contributed by atoms with Gasteiger partial charge >= 0.3 is 6.09 Å². The lowest BCUT2D eigenvalue weighted by Gasteiger charge is -2.33. The molecule has 2 atom stereocenters. The fourth-order valence-electron chi connectivity index (χ4n) is 2.23. The Morgan fingerprint density at radius 2 is 2.42 bits per heavy atom. The molecule has 1 amide bonds. The fourth-order valence-corrected chi connectivity index (χ4v) is 2.23. The molecule has 1 saturated heterocycles. The van der Waals surface area contributed by atoms with Crippen LogP contribution in [0.1, 0.15) is 23.7 Å². The molecule has 0 aromatic carbocycles. The molecule has 1 aliphatic rings. The third-order valence-corrected chi connectivity index (χ3v) is 3.24. The molecule has 7 nitrogen and oxygen atoms in total. The summed E-state index contributed by atoms with van der Waals surface area (Å²) in [6.07, 6.45) is -1.01. The first-order valence-corrected chi connectivity index (χ1v) is 5.77. The summed E-state index contributed by atoms with van der Waals surface area (Å²) < 4.78 is 15.3. The number of aliphatic hydroxyl groups excluding tert-OH is 1. The lowest BCUT2D eigenvalue weighted by atomic mass is 10.0. The van der Waals surface area contributed by atoms with E-state index in [2.05, 4.69) is 5.10 Å². The van der Waals surface area contributed by atoms with Crippen molar-refractivity contribution in [1.29, 1.82) is 5.26 Å². The summed E-state index contributed by atoms with van der Waals surface area (Å²) in [6, 6.07) is 1.22. The van der Waals surface area contributed by atoms with Crippen LogP contribution < -0.4 is 0 Å². The molecule has 1 aliphatic heterocycles. The SMILES string of the molecule is N#Cc1c(CO)cnn1[C@H]1CCN(C(=O)O)C[C@@H]1F. The minimum Gasteiger partial charge on any atom is -0.465 e. The predicted octanol–water partition coefficient (Wildman–Crippen LogP) is 0.510. The molecule has 0 spiro atoms. The third-order valence-electron chi connectivity index (χ3n) is 3.24. The molecule has 1 aromatic heterocycles. The lowest BCUT2D eigenvalue weighted by molar-refractivity contribution is 0.0751. The first-order valence-electron chi connectivity index (χ1n) is 5.77. The Kier molecular flexibility index (Phi) is 3.66. The number of likely N-dealkylation sites (tertiary alicyclic amines) is 1. The molecule has 2 heterocycles. The number of halogens is 1. The van der Waals surface area contributed by atoms with Gasteiger partial charge in [-0.05, 0) is 6.42 Å². The van der Waals surface area contributed by atoms with Crippen LogP contribution in [0.4, 0.5) is 9.18 Å². The molecule has 0 unspecified atom stereocenters. The van der Waals surface area contributed by atoms with Crippen molar-refractivity contribution in [1.82, 2.24) is 14.7 Å². The molecule has 0 saturated carbocycles. The minimum absolute atomic E-state index is 0.124. The van der Waals surface area contributed by atoms with Crippen molar-refractivity contribution in [2.24, 2.45) is 0 Å². The number of aromatic nitrogens is 2. The number of amides is 1. The van der Waals surface area contributed by atoms with Crippen molar-refractivity contribution in [3.8, 4) is 6.07 Å². The maximum Gasteiger partial charge on any atom is 0.407 e. The van der Waals surface area contributed by atoms with Gasteiger partial charge in [-0.3, -0.25) is 0 Å². The van der Waals surface area contributed by atoms with E-state index in [9.17, 15) is 9.18 Å². The van der Waals surface area contributed by atoms with Gasteiger partial charge in [0.2, 0.25) is 0 Å². The van der Waals surface area contributed by atoms with Gasteiger partial charge in [-0.2, -0.15) is 10.4 Å². The Morgan fingerprint density at radius 3 is 2.95 bits per heavy atom. The summed E-state index contributed by atoms with van der Waals surface area (Å²) in [5.41, 5.74) is 0.467. The van der Waals surface area contributed by atoms with Crippen LogP contribution in [-0.4, -0.2) is 50.2 Å². The topological polar surface area (TPSA) is 102 Å². The van der Waals surface area contributed by atoms with Gasteiger partial charge in [-0.15, -0.1) is 0 Å². The zero-order valence-electron chi connectivity index (χ0n) is 10.0. The molecule has 0 bridgehead atoms. The standard InChI is InChI=1S/C11H13FN4O3/c12-8-5-15(11(18)19)2-1-9(8)16-10(3-13)7(6-17)4-14-16/h4,8-9,17H,1-2,5-6H2,(H,18,19)/t8-,9-/m0/s1. The molecular weight excluding hydrogens is 255 g/mol. The number of alkyl halides is 1. The van der Waals surface area contributed by atoms with E-state index in [0.29, 0.717) is 5.56 Å². The van der Waals surface area contributed by atoms with Gasteiger partial charge in [0.05, 0.1) is 25.4 Å². The Labute approximate surface area is 108 Å². The van der Waals surface area contributed by atoms with Crippen LogP contribution in [-0.2, 0) is 6.61 Å². The smallest absolute Gasteiger partial charge is 0.407 e. The summed E-state index contributed by atoms with van der Waals surface area (Å²) in [7, 11) is 0. The Balaban J connectivity index is 2.22. The van der Waals surface area contributed by atoms with E-state index < -0.39 is 18.3 Å². The van der Waals surface area contributed by atoms with Gasteiger partial charge in [0.1, 0.15) is 17.9 Å². The maximum atomic E-state index is 14.0. The lowest BCUT2D eigenvalue weighted by Crippen LogP contribution is -2.45. The molecule has 0 radical (unpaired) electrons. The highest BCUT2D eigenvalue weighted by Crippen LogP contribution is 2.27. The van der Waals surface area contributed by atoms with Gasteiger partial charge in [0, 0.05) is 12.1 Å². The fraction of sp³-hybridized carbons (Fsp3) is 0.545. The number of carbonyl (C=O) groups is 1. The van der Waals surface area contributed by atoms with Crippen molar-refractivity contribution in [3.05, 3.63) is 17.5 Å². The molecular formula is C11H13FN4O3. The summed E-state index contributed by atoms with van der Waals surface area (Å²) in [4.78, 5) is 11.8. The zero-order chi connectivity index (χ0) is 14.0. The molecule has 1 fully saturated rings. The molecule has 0 aliphatic carbocycles. The highest BCUT2D eigenvalue weighted by molar-refractivity contribution is 5.65. The third kappa shape index (κ3) is 2.37. The van der Waals surface area contributed by atoms with E-state index in [0.717, 1.165) is 4.90 Å². The number of aliphatic hydroxyl groups is 1. The largest absolute Gasteiger partial charge is 0.465 e. The normalized spacial score (nSPS) is 23.1. The first-order chi connectivity index (χ1) is 9.08. The highest BCUT2D eigenvalue weighted by Gasteiger charge is 2.34. The van der Waals surface area contributed by atoms with Gasteiger partial charge in [-0.25, -0.2) is 13.9 Å². The second-order valence-corrected chi connectivity index (χ2v) is 4.33. The van der Waals surface area contributed by atoms with E-state index in [1.165, 1.54) is 10.9 Å². The highest BCUT2D eigenvalue weighted by atomic mass is 19.1. The Morgan fingerprint density at radius 1 is 1.68 bits per heavy atom. The second-order valence-electron chi connectivity index (χ2n) is 4.33. The average Bonchev–Trinajstić information content (AvgIpc) is 2.80. The number of piperidine rings is 1. The van der Waals surface area contributed by atoms with Crippen molar-refractivity contribution in [2.45, 2.75) is 25.2 Å². The van der Waals surface area contributed by atoms with Gasteiger partial charge in [0.25, 0.3) is 0 Å². The molecule has 2 rings (SSSR count). The summed E-state index contributed by atoms with van der Waals surface area (Å²) in [5.74, 6) is 0. The van der Waals surface area contributed by atoms with Crippen molar-refractivity contribution >= 4 is 6.09 Å². The van der Waals surface area contributed by atoms with Crippen LogP contribution in [0.5, 0.6) is 0 Å². The van der Waals surface area contributed by atoms with E-state index >= 15 is 0 Å². The van der Waals surface area contributed by atoms with Crippen LogP contribution >= 0.6 is 0 Å². The quantitative estimate of drug-likeness (QED) is 0.813. The van der Waals surface area contributed by atoms with Crippen molar-refractivity contribution in [2.75, 3.05) is 13.1 Å². The molecule has 19 heavy (non-hydrogen) atoms. The van der Waals surface area contributed by atoms with E-state index in [1.54, 1.807) is 0 Å². The van der Waals surface area contributed by atoms with Crippen molar-refractivity contribution in [3.63, 3.8) is 0 Å². The van der Waals surface area contributed by atoms with Gasteiger partial charge in [-0.1, -0.05) is 0 Å². The number of nitriles is 1. The van der Waals surface area contributed by atoms with Crippen molar-refractivity contribution < 1.29 is 19.4 Å². The Bertz CT molecular complexity index is 525. The molecule has 2 N–H and O–H groups in total. The van der Waals surface area contributed by atoms with Gasteiger partial charge in [0.15, 0.2) is 0 Å². The van der Waals surface area contributed by atoms with Crippen LogP contribution in [0, 0.1) is 11.3 Å². The maximum absolute atomic E-state index is 14.0. The second kappa shape index (κ2) is 5.24. The van der Waals surface area contributed by atoms with E-state index in [4.69, 9.17) is 15.5 Å². The zero-order valence-corrected chi connectivity index (χ0v) is 10.0. The van der Waals surface area contributed by atoms with E-state index in [-0.39, 0.29) is 31.8 Å². The van der Waals surface area contributed by atoms with Gasteiger partial charge < -0.3 is 15.1 Å². The molecule has 1 aromatic rings.